The Morgan fingerprint density at radius 1 is 0.613 bits per heavy atom. The first kappa shape index (κ1) is 23.1. The third-order valence-corrected chi connectivity index (χ3v) is 7.21. The van der Waals surface area contributed by atoms with Gasteiger partial charge >= 0.3 is 0 Å². The molecule has 0 spiro atoms. The zero-order valence-electron chi connectivity index (χ0n) is 19.6. The Morgan fingerprint density at radius 3 is 1.61 bits per heavy atom. The van der Waals surface area contributed by atoms with Gasteiger partial charge < -0.3 is 5.11 Å². The van der Waals surface area contributed by atoms with Gasteiger partial charge in [0.15, 0.2) is 0 Å². The van der Waals surface area contributed by atoms with E-state index >= 15 is 0 Å². The van der Waals surface area contributed by atoms with Crippen LogP contribution in [0.3, 0.4) is 0 Å². The number of unbranched alkanes of at least 4 members (excludes halogenated alkanes) is 2. The van der Waals surface area contributed by atoms with Gasteiger partial charge in [-0.25, -0.2) is 0 Å². The molecule has 0 radical (unpaired) electrons. The molecule has 3 aromatic carbocycles. The molecule has 0 atom stereocenters. The first-order chi connectivity index (χ1) is 14.8. The van der Waals surface area contributed by atoms with Crippen LogP contribution in [0.5, 0.6) is 5.75 Å². The number of phenols is 1. The Morgan fingerprint density at radius 2 is 1.10 bits per heavy atom. The van der Waals surface area contributed by atoms with E-state index in [0.717, 1.165) is 18.4 Å². The number of para-hydroxylation sites is 1. The number of aromatic hydroxyl groups is 1. The minimum Gasteiger partial charge on any atom is -0.508 e. The Labute approximate surface area is 189 Å². The van der Waals surface area contributed by atoms with Crippen molar-refractivity contribution in [3.05, 3.63) is 102 Å². The average Bonchev–Trinajstić information content (AvgIpc) is 2.78. The second kappa shape index (κ2) is 10.2. The summed E-state index contributed by atoms with van der Waals surface area (Å²) in [5, 5.41) is 10.0. The maximum atomic E-state index is 10.0. The molecule has 0 aliphatic heterocycles. The summed E-state index contributed by atoms with van der Waals surface area (Å²) in [7, 11) is 0. The normalized spacial score (nSPS) is 12.3. The van der Waals surface area contributed by atoms with E-state index in [-0.39, 0.29) is 10.8 Å². The highest BCUT2D eigenvalue weighted by molar-refractivity contribution is 5.32. The van der Waals surface area contributed by atoms with Crippen molar-refractivity contribution in [2.24, 2.45) is 5.92 Å². The molecule has 0 bridgehead atoms. The molecule has 0 heterocycles. The number of benzene rings is 3. The molecule has 31 heavy (non-hydrogen) atoms. The SMILES string of the molecule is CC(C)(c1ccccc1)C(CCCCCc1ccccc1O)C(C)(C)c1ccccc1. The number of phenolic OH excluding ortho intramolecular Hbond substituents is 1. The topological polar surface area (TPSA) is 20.2 Å². The summed E-state index contributed by atoms with van der Waals surface area (Å²) in [6, 6.07) is 29.7. The summed E-state index contributed by atoms with van der Waals surface area (Å²) in [6.45, 7) is 9.67. The van der Waals surface area contributed by atoms with Gasteiger partial charge in [0.05, 0.1) is 0 Å². The monoisotopic (exact) mass is 414 g/mol. The lowest BCUT2D eigenvalue weighted by Gasteiger charge is -2.46. The van der Waals surface area contributed by atoms with Gasteiger partial charge in [-0.1, -0.05) is 119 Å². The highest BCUT2D eigenvalue weighted by atomic mass is 16.3. The molecule has 0 saturated carbocycles. The van der Waals surface area contributed by atoms with E-state index in [0.29, 0.717) is 11.7 Å². The number of aryl methyl sites for hydroxylation is 1. The highest BCUT2D eigenvalue weighted by Gasteiger charge is 2.41. The van der Waals surface area contributed by atoms with Crippen molar-refractivity contribution in [2.45, 2.75) is 70.6 Å². The summed E-state index contributed by atoms with van der Waals surface area (Å²) < 4.78 is 0. The molecule has 0 aliphatic rings. The highest BCUT2D eigenvalue weighted by Crippen LogP contribution is 2.47. The van der Waals surface area contributed by atoms with Crippen LogP contribution in [0.15, 0.2) is 84.9 Å². The third kappa shape index (κ3) is 5.58. The summed E-state index contributed by atoms with van der Waals surface area (Å²) in [6.07, 6.45) is 5.62. The Bertz CT molecular complexity index is 873. The lowest BCUT2D eigenvalue weighted by molar-refractivity contribution is 0.181. The van der Waals surface area contributed by atoms with Crippen LogP contribution in [-0.2, 0) is 17.3 Å². The number of hydrogen-bond donors (Lipinski definition) is 1. The Kier molecular flexibility index (Phi) is 7.59. The fourth-order valence-electron chi connectivity index (χ4n) is 5.32. The minimum absolute atomic E-state index is 0.0678. The predicted molar refractivity (Wildman–Crippen MR) is 133 cm³/mol. The van der Waals surface area contributed by atoms with Crippen molar-refractivity contribution in [2.75, 3.05) is 0 Å². The van der Waals surface area contributed by atoms with Crippen molar-refractivity contribution in [3.8, 4) is 5.75 Å². The Balaban J connectivity index is 1.74. The summed E-state index contributed by atoms with van der Waals surface area (Å²) in [4.78, 5) is 0. The smallest absolute Gasteiger partial charge is 0.118 e. The van der Waals surface area contributed by atoms with Crippen LogP contribution in [0, 0.1) is 5.92 Å². The van der Waals surface area contributed by atoms with Crippen molar-refractivity contribution >= 4 is 0 Å². The maximum absolute atomic E-state index is 10.0. The van der Waals surface area contributed by atoms with Crippen LogP contribution >= 0.6 is 0 Å². The van der Waals surface area contributed by atoms with Crippen LogP contribution in [0.1, 0.15) is 70.1 Å². The standard InChI is InChI=1S/C30H38O/c1-29(2,25-18-9-6-10-19-25)28(30(3,4)26-20-11-7-12-21-26)23-13-5-8-16-24-17-14-15-22-27(24)31/h6-7,9-12,14-15,17-22,28,31H,5,8,13,16,23H2,1-4H3. The van der Waals surface area contributed by atoms with Gasteiger partial charge in [-0.2, -0.15) is 0 Å². The molecule has 164 valence electrons. The molecular formula is C30H38O. The molecule has 0 fully saturated rings. The molecule has 1 heteroatoms. The summed E-state index contributed by atoms with van der Waals surface area (Å²) in [5.41, 5.74) is 4.03. The molecule has 0 amide bonds. The molecule has 0 unspecified atom stereocenters. The number of hydrogen-bond acceptors (Lipinski definition) is 1. The molecule has 0 aliphatic carbocycles. The quantitative estimate of drug-likeness (QED) is 0.333. The second-order valence-electron chi connectivity index (χ2n) is 9.96. The zero-order valence-corrected chi connectivity index (χ0v) is 19.6. The van der Waals surface area contributed by atoms with Crippen LogP contribution < -0.4 is 0 Å². The summed E-state index contributed by atoms with van der Waals surface area (Å²) in [5.74, 6) is 0.936. The van der Waals surface area contributed by atoms with E-state index in [9.17, 15) is 5.11 Å². The first-order valence-corrected chi connectivity index (χ1v) is 11.7. The molecule has 3 rings (SSSR count). The zero-order chi connectivity index (χ0) is 22.3. The van der Waals surface area contributed by atoms with Crippen LogP contribution in [-0.4, -0.2) is 5.11 Å². The lowest BCUT2D eigenvalue weighted by Crippen LogP contribution is -2.42. The summed E-state index contributed by atoms with van der Waals surface area (Å²) >= 11 is 0. The molecule has 0 saturated heterocycles. The van der Waals surface area contributed by atoms with Crippen molar-refractivity contribution < 1.29 is 5.11 Å². The van der Waals surface area contributed by atoms with Gasteiger partial charge in [-0.05, 0) is 58.8 Å². The van der Waals surface area contributed by atoms with Gasteiger partial charge in [-0.15, -0.1) is 0 Å². The van der Waals surface area contributed by atoms with Crippen LogP contribution in [0.25, 0.3) is 0 Å². The minimum atomic E-state index is 0.0678. The van der Waals surface area contributed by atoms with Crippen LogP contribution in [0.2, 0.25) is 0 Å². The van der Waals surface area contributed by atoms with Crippen molar-refractivity contribution in [3.63, 3.8) is 0 Å². The van der Waals surface area contributed by atoms with Gasteiger partial charge in [0.2, 0.25) is 0 Å². The van der Waals surface area contributed by atoms with Crippen LogP contribution in [0.4, 0.5) is 0 Å². The third-order valence-electron chi connectivity index (χ3n) is 7.21. The molecule has 3 aromatic rings. The maximum Gasteiger partial charge on any atom is 0.118 e. The molecule has 1 N–H and O–H groups in total. The average molecular weight is 415 g/mol. The first-order valence-electron chi connectivity index (χ1n) is 11.7. The largest absolute Gasteiger partial charge is 0.508 e. The van der Waals surface area contributed by atoms with E-state index < -0.39 is 0 Å². The van der Waals surface area contributed by atoms with Crippen molar-refractivity contribution in [1.82, 2.24) is 0 Å². The fourth-order valence-corrected chi connectivity index (χ4v) is 5.32. The molecular weight excluding hydrogens is 376 g/mol. The van der Waals surface area contributed by atoms with E-state index in [1.54, 1.807) is 6.07 Å². The number of rotatable bonds is 10. The van der Waals surface area contributed by atoms with Crippen molar-refractivity contribution in [1.29, 1.82) is 0 Å². The van der Waals surface area contributed by atoms with Gasteiger partial charge in [0.1, 0.15) is 5.75 Å². The van der Waals surface area contributed by atoms with Gasteiger partial charge in [-0.3, -0.25) is 0 Å². The van der Waals surface area contributed by atoms with E-state index in [1.165, 1.54) is 30.4 Å². The van der Waals surface area contributed by atoms with Gasteiger partial charge in [0, 0.05) is 0 Å². The van der Waals surface area contributed by atoms with E-state index in [4.69, 9.17) is 0 Å². The second-order valence-corrected chi connectivity index (χ2v) is 9.96. The molecule has 0 aromatic heterocycles. The predicted octanol–water partition coefficient (Wildman–Crippen LogP) is 8.07. The lowest BCUT2D eigenvalue weighted by atomic mass is 9.58. The molecule has 1 nitrogen and oxygen atoms in total. The van der Waals surface area contributed by atoms with E-state index in [2.05, 4.69) is 88.4 Å². The fraction of sp³-hybridized carbons (Fsp3) is 0.400. The van der Waals surface area contributed by atoms with E-state index in [1.807, 2.05) is 18.2 Å². The van der Waals surface area contributed by atoms with Gasteiger partial charge in [0.25, 0.3) is 0 Å². The Hall–Kier alpha value is -2.54.